The van der Waals surface area contributed by atoms with Crippen molar-refractivity contribution in [3.8, 4) is 0 Å². The summed E-state index contributed by atoms with van der Waals surface area (Å²) < 4.78 is 2.01. The van der Waals surface area contributed by atoms with Crippen LogP contribution >= 0.6 is 11.3 Å². The molecule has 2 N–H and O–H groups in total. The molecule has 1 aliphatic rings. The molecule has 112 valence electrons. The van der Waals surface area contributed by atoms with Crippen molar-refractivity contribution in [2.75, 3.05) is 0 Å². The van der Waals surface area contributed by atoms with Crippen molar-refractivity contribution in [1.82, 2.24) is 14.9 Å². The van der Waals surface area contributed by atoms with E-state index in [4.69, 9.17) is 0 Å². The number of hydrogen-bond acceptors (Lipinski definition) is 4. The summed E-state index contributed by atoms with van der Waals surface area (Å²) in [6.45, 7) is 1.93. The highest BCUT2D eigenvalue weighted by molar-refractivity contribution is 7.08. The Morgan fingerprint density at radius 1 is 1.52 bits per heavy atom. The zero-order valence-corrected chi connectivity index (χ0v) is 12.7. The number of amides is 1. The van der Waals surface area contributed by atoms with Gasteiger partial charge in [0.05, 0.1) is 18.2 Å². The molecule has 0 unspecified atom stereocenters. The Morgan fingerprint density at radius 3 is 3.05 bits per heavy atom. The molecule has 21 heavy (non-hydrogen) atoms. The molecule has 1 fully saturated rings. The lowest BCUT2D eigenvalue weighted by Gasteiger charge is -2.36. The fraction of sp³-hybridized carbons (Fsp3) is 0.467. The first kappa shape index (κ1) is 14.3. The van der Waals surface area contributed by atoms with Gasteiger partial charge in [0.15, 0.2) is 0 Å². The Morgan fingerprint density at radius 2 is 2.38 bits per heavy atom. The molecule has 3 atom stereocenters. The molecule has 3 rings (SSSR count). The Labute approximate surface area is 127 Å². The molecule has 2 aromatic rings. The van der Waals surface area contributed by atoms with Crippen LogP contribution in [0.25, 0.3) is 0 Å². The first-order valence-electron chi connectivity index (χ1n) is 7.17. The fourth-order valence-corrected chi connectivity index (χ4v) is 3.64. The summed E-state index contributed by atoms with van der Waals surface area (Å²) in [4.78, 5) is 16.4. The van der Waals surface area contributed by atoms with E-state index in [0.29, 0.717) is 5.56 Å². The molecule has 1 aliphatic carbocycles. The van der Waals surface area contributed by atoms with Crippen LogP contribution in [0.4, 0.5) is 0 Å². The summed E-state index contributed by atoms with van der Waals surface area (Å²) in [6, 6.07) is 1.57. The van der Waals surface area contributed by atoms with Crippen molar-refractivity contribution < 1.29 is 9.90 Å². The van der Waals surface area contributed by atoms with Gasteiger partial charge < -0.3 is 15.0 Å². The van der Waals surface area contributed by atoms with Crippen molar-refractivity contribution in [2.24, 2.45) is 0 Å². The second-order valence-electron chi connectivity index (χ2n) is 5.46. The van der Waals surface area contributed by atoms with Crippen LogP contribution in [-0.4, -0.2) is 32.7 Å². The Bertz CT molecular complexity index is 608. The number of aliphatic hydroxyl groups is 1. The van der Waals surface area contributed by atoms with E-state index in [9.17, 15) is 9.90 Å². The van der Waals surface area contributed by atoms with Crippen molar-refractivity contribution in [3.63, 3.8) is 0 Å². The lowest BCUT2D eigenvalue weighted by molar-refractivity contribution is 0.0392. The van der Waals surface area contributed by atoms with Gasteiger partial charge in [-0.3, -0.25) is 4.79 Å². The SMILES string of the molecule is Cc1nccn1[C@@H]1CCC[C@@H](NC(=O)c2ccsc2)[C@H]1O. The maximum atomic E-state index is 12.1. The van der Waals surface area contributed by atoms with E-state index in [1.54, 1.807) is 12.3 Å². The molecule has 0 saturated heterocycles. The number of imidazole rings is 1. The van der Waals surface area contributed by atoms with Crippen LogP contribution in [0.3, 0.4) is 0 Å². The number of nitrogens with one attached hydrogen (secondary N) is 1. The summed E-state index contributed by atoms with van der Waals surface area (Å²) in [6.07, 6.45) is 5.74. The smallest absolute Gasteiger partial charge is 0.252 e. The molecule has 2 heterocycles. The van der Waals surface area contributed by atoms with Gasteiger partial charge in [0.25, 0.3) is 5.91 Å². The van der Waals surface area contributed by atoms with E-state index >= 15 is 0 Å². The average molecular weight is 305 g/mol. The number of aliphatic hydroxyl groups excluding tert-OH is 1. The molecule has 5 nitrogen and oxygen atoms in total. The van der Waals surface area contributed by atoms with Crippen molar-refractivity contribution in [3.05, 3.63) is 40.6 Å². The van der Waals surface area contributed by atoms with Gasteiger partial charge in [0.1, 0.15) is 5.82 Å². The average Bonchev–Trinajstić information content (AvgIpc) is 3.12. The molecule has 0 aromatic carbocycles. The Hall–Kier alpha value is -1.66. The van der Waals surface area contributed by atoms with Gasteiger partial charge in [0, 0.05) is 23.3 Å². The number of carbonyl (C=O) groups is 1. The minimum absolute atomic E-state index is 0.0194. The van der Waals surface area contributed by atoms with Crippen LogP contribution in [0.15, 0.2) is 29.2 Å². The minimum Gasteiger partial charge on any atom is -0.389 e. The number of aromatic nitrogens is 2. The molecule has 2 aromatic heterocycles. The maximum Gasteiger partial charge on any atom is 0.252 e. The first-order valence-corrected chi connectivity index (χ1v) is 8.11. The molecule has 1 saturated carbocycles. The largest absolute Gasteiger partial charge is 0.389 e. The lowest BCUT2D eigenvalue weighted by atomic mass is 9.87. The third-order valence-electron chi connectivity index (χ3n) is 4.14. The van der Waals surface area contributed by atoms with Crippen molar-refractivity contribution in [1.29, 1.82) is 0 Å². The second-order valence-corrected chi connectivity index (χ2v) is 6.24. The summed E-state index contributed by atoms with van der Waals surface area (Å²) in [5, 5.41) is 17.3. The van der Waals surface area contributed by atoms with Gasteiger partial charge >= 0.3 is 0 Å². The second kappa shape index (κ2) is 5.99. The summed E-state index contributed by atoms with van der Waals surface area (Å²) in [5.74, 6) is 0.784. The van der Waals surface area contributed by atoms with E-state index in [2.05, 4.69) is 10.3 Å². The number of aryl methyl sites for hydroxylation is 1. The van der Waals surface area contributed by atoms with Crippen LogP contribution in [0, 0.1) is 6.92 Å². The first-order chi connectivity index (χ1) is 10.2. The number of nitrogens with zero attached hydrogens (tertiary/aromatic N) is 2. The van der Waals surface area contributed by atoms with Gasteiger partial charge in [-0.15, -0.1) is 0 Å². The Balaban J connectivity index is 1.72. The molecule has 1 amide bonds. The number of rotatable bonds is 3. The maximum absolute atomic E-state index is 12.1. The van der Waals surface area contributed by atoms with Gasteiger partial charge in [-0.25, -0.2) is 4.98 Å². The summed E-state index contributed by atoms with van der Waals surface area (Å²) in [5.41, 5.74) is 0.660. The number of carbonyl (C=O) groups excluding carboxylic acids is 1. The van der Waals surface area contributed by atoms with Crippen LogP contribution in [-0.2, 0) is 0 Å². The van der Waals surface area contributed by atoms with Crippen LogP contribution in [0.5, 0.6) is 0 Å². The van der Waals surface area contributed by atoms with E-state index in [0.717, 1.165) is 25.1 Å². The predicted molar refractivity (Wildman–Crippen MR) is 81.4 cm³/mol. The highest BCUT2D eigenvalue weighted by atomic mass is 32.1. The molecular formula is C15H19N3O2S. The van der Waals surface area contributed by atoms with Gasteiger partial charge in [-0.05, 0) is 37.6 Å². The molecule has 0 spiro atoms. The normalized spacial score (nSPS) is 25.7. The highest BCUT2D eigenvalue weighted by Gasteiger charge is 2.34. The Kier molecular flexibility index (Phi) is 4.07. The number of hydrogen-bond donors (Lipinski definition) is 2. The zero-order chi connectivity index (χ0) is 14.8. The molecule has 0 bridgehead atoms. The van der Waals surface area contributed by atoms with Crippen molar-refractivity contribution in [2.45, 2.75) is 44.4 Å². The third-order valence-corrected chi connectivity index (χ3v) is 4.82. The van der Waals surface area contributed by atoms with Crippen molar-refractivity contribution >= 4 is 17.2 Å². The number of thiophene rings is 1. The molecule has 0 radical (unpaired) electrons. The van der Waals surface area contributed by atoms with Gasteiger partial charge in [-0.2, -0.15) is 11.3 Å². The van der Waals surface area contributed by atoms with E-state index in [1.807, 2.05) is 28.4 Å². The third kappa shape index (κ3) is 2.87. The molecular weight excluding hydrogens is 286 g/mol. The standard InChI is InChI=1S/C15H19N3O2S/c1-10-16-6-7-18(10)13-4-2-3-12(14(13)19)17-15(20)11-5-8-21-9-11/h5-9,12-14,19H,2-4H2,1H3,(H,17,20)/t12-,13-,14-/m1/s1. The van der Waals surface area contributed by atoms with Crippen LogP contribution in [0.2, 0.25) is 0 Å². The fourth-order valence-electron chi connectivity index (χ4n) is 3.00. The quantitative estimate of drug-likeness (QED) is 0.913. The zero-order valence-electron chi connectivity index (χ0n) is 11.9. The van der Waals surface area contributed by atoms with Crippen LogP contribution < -0.4 is 5.32 Å². The topological polar surface area (TPSA) is 67.2 Å². The molecule has 6 heteroatoms. The highest BCUT2D eigenvalue weighted by Crippen LogP contribution is 2.30. The van der Waals surface area contributed by atoms with Crippen LogP contribution in [0.1, 0.15) is 41.5 Å². The lowest BCUT2D eigenvalue weighted by Crippen LogP contribution is -2.49. The van der Waals surface area contributed by atoms with Gasteiger partial charge in [0.2, 0.25) is 0 Å². The summed E-state index contributed by atoms with van der Waals surface area (Å²) in [7, 11) is 0. The predicted octanol–water partition coefficient (Wildman–Crippen LogP) is 2.14. The van der Waals surface area contributed by atoms with Gasteiger partial charge in [-0.1, -0.05) is 0 Å². The molecule has 0 aliphatic heterocycles. The van der Waals surface area contributed by atoms with E-state index < -0.39 is 6.10 Å². The summed E-state index contributed by atoms with van der Waals surface area (Å²) >= 11 is 1.50. The minimum atomic E-state index is -0.589. The van der Waals surface area contributed by atoms with E-state index in [1.165, 1.54) is 11.3 Å². The van der Waals surface area contributed by atoms with E-state index in [-0.39, 0.29) is 18.0 Å². The monoisotopic (exact) mass is 305 g/mol.